The van der Waals surface area contributed by atoms with Gasteiger partial charge in [0.25, 0.3) is 0 Å². The average Bonchev–Trinajstić information content (AvgIpc) is 2.89. The van der Waals surface area contributed by atoms with Gasteiger partial charge in [-0.25, -0.2) is 4.98 Å². The van der Waals surface area contributed by atoms with Crippen LogP contribution >= 0.6 is 0 Å². The summed E-state index contributed by atoms with van der Waals surface area (Å²) in [6.07, 6.45) is 4.35. The first-order chi connectivity index (χ1) is 8.33. The van der Waals surface area contributed by atoms with Crippen molar-refractivity contribution < 1.29 is 4.74 Å². The molecule has 0 saturated carbocycles. The topological polar surface area (TPSA) is 59.9 Å². The Kier molecular flexibility index (Phi) is 4.25. The van der Waals surface area contributed by atoms with E-state index in [0.29, 0.717) is 12.1 Å². The van der Waals surface area contributed by atoms with Crippen LogP contribution in [-0.2, 0) is 17.6 Å². The number of aryl methyl sites for hydroxylation is 2. The maximum atomic E-state index is 5.54. The van der Waals surface area contributed by atoms with E-state index >= 15 is 0 Å². The van der Waals surface area contributed by atoms with Gasteiger partial charge in [0, 0.05) is 13.2 Å². The van der Waals surface area contributed by atoms with Crippen molar-refractivity contribution in [1.82, 2.24) is 15.2 Å². The third-order valence-electron chi connectivity index (χ3n) is 3.02. The molecule has 2 heterocycles. The van der Waals surface area contributed by atoms with Crippen LogP contribution in [0, 0.1) is 0 Å². The predicted molar refractivity (Wildman–Crippen MR) is 66.0 cm³/mol. The molecule has 1 atom stereocenters. The van der Waals surface area contributed by atoms with E-state index in [1.807, 2.05) is 0 Å². The van der Waals surface area contributed by atoms with E-state index in [-0.39, 0.29) is 0 Å². The lowest BCUT2D eigenvalue weighted by molar-refractivity contribution is 0.120. The number of ether oxygens (including phenoxy) is 1. The van der Waals surface area contributed by atoms with Crippen molar-refractivity contribution in [2.45, 2.75) is 45.6 Å². The fourth-order valence-corrected chi connectivity index (χ4v) is 2.02. The van der Waals surface area contributed by atoms with Crippen LogP contribution in [-0.4, -0.2) is 34.4 Å². The summed E-state index contributed by atoms with van der Waals surface area (Å²) < 4.78 is 5.54. The Bertz CT molecular complexity index is 364. The lowest BCUT2D eigenvalue weighted by atomic mass is 10.2. The minimum absolute atomic E-state index is 0.300. The molecule has 17 heavy (non-hydrogen) atoms. The molecule has 1 N–H and O–H groups in total. The molecule has 0 bridgehead atoms. The van der Waals surface area contributed by atoms with Crippen LogP contribution in [0.25, 0.3) is 0 Å². The number of anilines is 1. The maximum absolute atomic E-state index is 5.54. The van der Waals surface area contributed by atoms with Crippen LogP contribution in [0.5, 0.6) is 0 Å². The second-order valence-corrected chi connectivity index (χ2v) is 4.25. The third kappa shape index (κ3) is 3.12. The molecule has 1 aromatic rings. The van der Waals surface area contributed by atoms with E-state index in [1.54, 1.807) is 0 Å². The van der Waals surface area contributed by atoms with E-state index in [0.717, 1.165) is 50.2 Å². The Labute approximate surface area is 102 Å². The van der Waals surface area contributed by atoms with Gasteiger partial charge < -0.3 is 10.1 Å². The Morgan fingerprint density at radius 2 is 2.06 bits per heavy atom. The number of hydrogen-bond acceptors (Lipinski definition) is 5. The van der Waals surface area contributed by atoms with Crippen LogP contribution in [0.4, 0.5) is 5.95 Å². The molecule has 1 aliphatic rings. The molecule has 1 aliphatic heterocycles. The van der Waals surface area contributed by atoms with Gasteiger partial charge >= 0.3 is 0 Å². The second kappa shape index (κ2) is 5.91. The van der Waals surface area contributed by atoms with Crippen molar-refractivity contribution in [3.8, 4) is 0 Å². The average molecular weight is 236 g/mol. The zero-order valence-electron chi connectivity index (χ0n) is 10.6. The first-order valence-electron chi connectivity index (χ1n) is 6.41. The van der Waals surface area contributed by atoms with E-state index in [4.69, 9.17) is 4.74 Å². The molecule has 1 saturated heterocycles. The van der Waals surface area contributed by atoms with Gasteiger partial charge in [0.1, 0.15) is 0 Å². The van der Waals surface area contributed by atoms with E-state index in [2.05, 4.69) is 34.3 Å². The monoisotopic (exact) mass is 236 g/mol. The third-order valence-corrected chi connectivity index (χ3v) is 3.02. The fourth-order valence-electron chi connectivity index (χ4n) is 2.02. The number of nitrogens with zero attached hydrogens (tertiary/aromatic N) is 3. The second-order valence-electron chi connectivity index (χ2n) is 4.25. The zero-order valence-corrected chi connectivity index (χ0v) is 10.6. The van der Waals surface area contributed by atoms with E-state index in [1.165, 1.54) is 0 Å². The van der Waals surface area contributed by atoms with Crippen LogP contribution in [0.2, 0.25) is 0 Å². The standard InChI is InChI=1S/C12H20N4O/c1-3-10-11(4-2)15-16-12(14-10)13-8-9-6-5-7-17-9/h9H,3-8H2,1-2H3,(H,13,14,16). The summed E-state index contributed by atoms with van der Waals surface area (Å²) >= 11 is 0. The Hall–Kier alpha value is -1.23. The summed E-state index contributed by atoms with van der Waals surface area (Å²) in [5.41, 5.74) is 2.03. The van der Waals surface area contributed by atoms with Gasteiger partial charge in [0.05, 0.1) is 17.5 Å². The minimum atomic E-state index is 0.300. The van der Waals surface area contributed by atoms with Crippen molar-refractivity contribution in [2.24, 2.45) is 0 Å². The Balaban J connectivity index is 1.95. The molecular weight excluding hydrogens is 216 g/mol. The number of rotatable bonds is 5. The lowest BCUT2D eigenvalue weighted by Gasteiger charge is -2.11. The quantitative estimate of drug-likeness (QED) is 0.841. The van der Waals surface area contributed by atoms with Crippen LogP contribution in [0.15, 0.2) is 0 Å². The highest BCUT2D eigenvalue weighted by Gasteiger charge is 2.15. The van der Waals surface area contributed by atoms with Crippen molar-refractivity contribution in [1.29, 1.82) is 0 Å². The van der Waals surface area contributed by atoms with E-state index in [9.17, 15) is 0 Å². The first-order valence-corrected chi connectivity index (χ1v) is 6.41. The summed E-state index contributed by atoms with van der Waals surface area (Å²) in [7, 11) is 0. The van der Waals surface area contributed by atoms with Gasteiger partial charge in [-0.05, 0) is 25.7 Å². The normalized spacial score (nSPS) is 19.5. The molecule has 0 radical (unpaired) electrons. The molecule has 1 unspecified atom stereocenters. The molecule has 0 aromatic carbocycles. The molecule has 5 nitrogen and oxygen atoms in total. The van der Waals surface area contributed by atoms with Gasteiger partial charge in [0.15, 0.2) is 0 Å². The molecule has 0 spiro atoms. The number of hydrogen-bond donors (Lipinski definition) is 1. The lowest BCUT2D eigenvalue weighted by Crippen LogP contribution is -2.20. The minimum Gasteiger partial charge on any atom is -0.376 e. The Morgan fingerprint density at radius 1 is 1.24 bits per heavy atom. The predicted octanol–water partition coefficient (Wildman–Crippen LogP) is 1.59. The number of nitrogens with one attached hydrogen (secondary N) is 1. The van der Waals surface area contributed by atoms with Gasteiger partial charge in [-0.15, -0.1) is 5.10 Å². The Morgan fingerprint density at radius 3 is 2.71 bits per heavy atom. The fraction of sp³-hybridized carbons (Fsp3) is 0.750. The van der Waals surface area contributed by atoms with Gasteiger partial charge in [-0.1, -0.05) is 13.8 Å². The van der Waals surface area contributed by atoms with Gasteiger partial charge in [-0.2, -0.15) is 5.10 Å². The summed E-state index contributed by atoms with van der Waals surface area (Å²) in [5, 5.41) is 11.5. The van der Waals surface area contributed by atoms with Crippen molar-refractivity contribution in [3.05, 3.63) is 11.4 Å². The molecule has 0 aliphatic carbocycles. The SMILES string of the molecule is CCc1nnc(NCC2CCCO2)nc1CC. The highest BCUT2D eigenvalue weighted by atomic mass is 16.5. The summed E-state index contributed by atoms with van der Waals surface area (Å²) in [6.45, 7) is 5.81. The summed E-state index contributed by atoms with van der Waals surface area (Å²) in [4.78, 5) is 4.48. The highest BCUT2D eigenvalue weighted by Crippen LogP contribution is 2.12. The first kappa shape index (κ1) is 12.2. The highest BCUT2D eigenvalue weighted by molar-refractivity contribution is 5.25. The molecule has 1 fully saturated rings. The maximum Gasteiger partial charge on any atom is 0.243 e. The zero-order chi connectivity index (χ0) is 12.1. The largest absolute Gasteiger partial charge is 0.376 e. The van der Waals surface area contributed by atoms with Crippen molar-refractivity contribution >= 4 is 5.95 Å². The molecule has 94 valence electrons. The van der Waals surface area contributed by atoms with Crippen LogP contribution in [0.3, 0.4) is 0 Å². The summed E-state index contributed by atoms with van der Waals surface area (Å²) in [5.74, 6) is 0.620. The molecule has 0 amide bonds. The molecular formula is C12H20N4O. The van der Waals surface area contributed by atoms with Crippen LogP contribution < -0.4 is 5.32 Å². The van der Waals surface area contributed by atoms with Gasteiger partial charge in [0.2, 0.25) is 5.95 Å². The summed E-state index contributed by atoms with van der Waals surface area (Å²) in [6, 6.07) is 0. The molecule has 2 rings (SSSR count). The number of aromatic nitrogens is 3. The van der Waals surface area contributed by atoms with E-state index < -0.39 is 0 Å². The van der Waals surface area contributed by atoms with Crippen molar-refractivity contribution in [3.63, 3.8) is 0 Å². The molecule has 1 aromatic heterocycles. The van der Waals surface area contributed by atoms with Crippen LogP contribution in [0.1, 0.15) is 38.1 Å². The molecule has 5 heteroatoms. The van der Waals surface area contributed by atoms with Gasteiger partial charge in [-0.3, -0.25) is 0 Å². The smallest absolute Gasteiger partial charge is 0.243 e. The van der Waals surface area contributed by atoms with Crippen molar-refractivity contribution in [2.75, 3.05) is 18.5 Å².